The van der Waals surface area contributed by atoms with E-state index in [-0.39, 0.29) is 0 Å². The number of nitrogens with zero attached hydrogens (tertiary/aromatic N) is 4. The highest BCUT2D eigenvalue weighted by atomic mass is 15.3. The van der Waals surface area contributed by atoms with Crippen molar-refractivity contribution in [2.75, 3.05) is 20.1 Å². The summed E-state index contributed by atoms with van der Waals surface area (Å²) in [5.74, 6) is 2.45. The van der Waals surface area contributed by atoms with Crippen molar-refractivity contribution in [1.29, 1.82) is 0 Å². The number of aromatic nitrogens is 2. The summed E-state index contributed by atoms with van der Waals surface area (Å²) in [5.41, 5.74) is 2.32. The average Bonchev–Trinajstić information content (AvgIpc) is 3.09. The Morgan fingerprint density at radius 3 is 2.50 bits per heavy atom. The second-order valence-corrected chi connectivity index (χ2v) is 6.87. The van der Waals surface area contributed by atoms with Gasteiger partial charge in [-0.3, -0.25) is 4.99 Å². The molecule has 2 unspecified atom stereocenters. The third kappa shape index (κ3) is 3.96. The zero-order valence-electron chi connectivity index (χ0n) is 14.8. The van der Waals surface area contributed by atoms with Gasteiger partial charge in [-0.1, -0.05) is 26.0 Å². The van der Waals surface area contributed by atoms with Gasteiger partial charge in [0.15, 0.2) is 5.96 Å². The van der Waals surface area contributed by atoms with E-state index in [4.69, 9.17) is 0 Å². The van der Waals surface area contributed by atoms with Crippen LogP contribution in [-0.2, 0) is 6.54 Å². The van der Waals surface area contributed by atoms with Crippen LogP contribution in [0.3, 0.4) is 0 Å². The van der Waals surface area contributed by atoms with E-state index < -0.39 is 0 Å². The Hall–Kier alpha value is -2.30. The Kier molecular flexibility index (Phi) is 5.18. The van der Waals surface area contributed by atoms with Crippen LogP contribution in [0, 0.1) is 11.8 Å². The fourth-order valence-electron chi connectivity index (χ4n) is 3.54. The van der Waals surface area contributed by atoms with E-state index in [1.165, 1.54) is 12.0 Å². The number of aliphatic imine (C=N–C) groups is 1. The molecule has 1 aromatic heterocycles. The molecule has 0 bridgehead atoms. The number of piperidine rings is 1. The number of benzene rings is 1. The van der Waals surface area contributed by atoms with Crippen molar-refractivity contribution in [3.63, 3.8) is 0 Å². The van der Waals surface area contributed by atoms with Crippen LogP contribution in [0.15, 0.2) is 47.7 Å². The predicted octanol–water partition coefficient (Wildman–Crippen LogP) is 2.93. The molecule has 1 aliphatic heterocycles. The zero-order valence-corrected chi connectivity index (χ0v) is 14.8. The van der Waals surface area contributed by atoms with E-state index in [0.717, 1.165) is 43.1 Å². The Labute approximate surface area is 144 Å². The number of hydrogen-bond donors (Lipinski definition) is 1. The summed E-state index contributed by atoms with van der Waals surface area (Å²) in [7, 11) is 1.87. The molecule has 1 saturated heterocycles. The summed E-state index contributed by atoms with van der Waals surface area (Å²) in [5, 5.41) is 7.76. The van der Waals surface area contributed by atoms with Crippen molar-refractivity contribution in [3.05, 3.63) is 48.3 Å². The molecule has 1 aromatic carbocycles. The normalized spacial score (nSPS) is 21.8. The summed E-state index contributed by atoms with van der Waals surface area (Å²) in [6, 6.07) is 10.4. The lowest BCUT2D eigenvalue weighted by Crippen LogP contribution is -2.48. The minimum absolute atomic E-state index is 0.723. The molecule has 0 radical (unpaired) electrons. The van der Waals surface area contributed by atoms with Crippen LogP contribution < -0.4 is 5.32 Å². The van der Waals surface area contributed by atoms with Crippen LogP contribution in [0.1, 0.15) is 25.8 Å². The molecule has 1 N–H and O–H groups in total. The quantitative estimate of drug-likeness (QED) is 0.697. The van der Waals surface area contributed by atoms with Gasteiger partial charge in [0.2, 0.25) is 0 Å². The maximum Gasteiger partial charge on any atom is 0.193 e. The Morgan fingerprint density at radius 1 is 1.21 bits per heavy atom. The van der Waals surface area contributed by atoms with Crippen LogP contribution in [-0.4, -0.2) is 40.8 Å². The van der Waals surface area contributed by atoms with Crippen LogP contribution >= 0.6 is 0 Å². The fraction of sp³-hybridized carbons (Fsp3) is 0.474. The summed E-state index contributed by atoms with van der Waals surface area (Å²) in [6.07, 6.45) is 5.05. The number of guanidine groups is 1. The maximum atomic E-state index is 4.47. The molecule has 1 aliphatic rings. The topological polar surface area (TPSA) is 45.5 Å². The maximum absolute atomic E-state index is 4.47. The standard InChI is InChI=1S/C19H27N5/c1-15-11-16(2)14-23(13-15)19(20-3)21-12-17-5-7-18(8-6-17)24-10-4-9-22-24/h4-10,15-16H,11-14H2,1-3H3,(H,20,21). The Bertz CT molecular complexity index is 650. The van der Waals surface area contributed by atoms with Gasteiger partial charge in [-0.15, -0.1) is 0 Å². The monoisotopic (exact) mass is 325 g/mol. The van der Waals surface area contributed by atoms with Crippen LogP contribution in [0.25, 0.3) is 5.69 Å². The van der Waals surface area contributed by atoms with Crippen molar-refractivity contribution in [2.45, 2.75) is 26.8 Å². The number of hydrogen-bond acceptors (Lipinski definition) is 2. The van der Waals surface area contributed by atoms with E-state index in [0.29, 0.717) is 0 Å². The molecule has 0 saturated carbocycles. The number of likely N-dealkylation sites (tertiary alicyclic amines) is 1. The first kappa shape index (κ1) is 16.6. The molecule has 2 heterocycles. The van der Waals surface area contributed by atoms with Gasteiger partial charge in [-0.05, 0) is 42.0 Å². The summed E-state index contributed by atoms with van der Waals surface area (Å²) >= 11 is 0. The van der Waals surface area contributed by atoms with Crippen LogP contribution in [0.2, 0.25) is 0 Å². The fourth-order valence-corrected chi connectivity index (χ4v) is 3.54. The van der Waals surface area contributed by atoms with Crippen molar-refractivity contribution >= 4 is 5.96 Å². The average molecular weight is 325 g/mol. The number of rotatable bonds is 3. The molecular formula is C19H27N5. The van der Waals surface area contributed by atoms with Gasteiger partial charge in [0.1, 0.15) is 0 Å². The number of nitrogens with one attached hydrogen (secondary N) is 1. The van der Waals surface area contributed by atoms with Crippen molar-refractivity contribution in [3.8, 4) is 5.69 Å². The molecule has 2 aromatic rings. The lowest BCUT2D eigenvalue weighted by atomic mass is 9.92. The molecule has 24 heavy (non-hydrogen) atoms. The highest BCUT2D eigenvalue weighted by Crippen LogP contribution is 2.21. The molecule has 5 heteroatoms. The minimum Gasteiger partial charge on any atom is -0.352 e. The summed E-state index contributed by atoms with van der Waals surface area (Å²) < 4.78 is 1.87. The van der Waals surface area contributed by atoms with Gasteiger partial charge in [0.25, 0.3) is 0 Å². The van der Waals surface area contributed by atoms with Crippen molar-refractivity contribution in [2.24, 2.45) is 16.8 Å². The van der Waals surface area contributed by atoms with Gasteiger partial charge in [-0.25, -0.2) is 4.68 Å². The first-order chi connectivity index (χ1) is 11.7. The smallest absolute Gasteiger partial charge is 0.193 e. The molecule has 128 valence electrons. The molecule has 0 aliphatic carbocycles. The van der Waals surface area contributed by atoms with E-state index >= 15 is 0 Å². The lowest BCUT2D eigenvalue weighted by molar-refractivity contribution is 0.208. The van der Waals surface area contributed by atoms with E-state index in [1.54, 1.807) is 6.20 Å². The molecule has 5 nitrogen and oxygen atoms in total. The highest BCUT2D eigenvalue weighted by molar-refractivity contribution is 5.80. The largest absolute Gasteiger partial charge is 0.352 e. The van der Waals surface area contributed by atoms with Gasteiger partial charge in [-0.2, -0.15) is 5.10 Å². The third-order valence-electron chi connectivity index (χ3n) is 4.54. The Balaban J connectivity index is 1.59. The van der Waals surface area contributed by atoms with Crippen LogP contribution in [0.4, 0.5) is 0 Å². The predicted molar refractivity (Wildman–Crippen MR) is 98.3 cm³/mol. The molecular weight excluding hydrogens is 298 g/mol. The minimum atomic E-state index is 0.723. The van der Waals surface area contributed by atoms with Gasteiger partial charge >= 0.3 is 0 Å². The van der Waals surface area contributed by atoms with E-state index in [1.807, 2.05) is 24.0 Å². The van der Waals surface area contributed by atoms with Gasteiger partial charge in [0.05, 0.1) is 5.69 Å². The van der Waals surface area contributed by atoms with E-state index in [9.17, 15) is 0 Å². The lowest BCUT2D eigenvalue weighted by Gasteiger charge is -2.37. The second kappa shape index (κ2) is 7.51. The van der Waals surface area contributed by atoms with Gasteiger partial charge < -0.3 is 10.2 Å². The molecule has 2 atom stereocenters. The molecule has 3 rings (SSSR count). The second-order valence-electron chi connectivity index (χ2n) is 6.87. The van der Waals surface area contributed by atoms with Gasteiger partial charge in [0, 0.05) is 39.1 Å². The van der Waals surface area contributed by atoms with Crippen LogP contribution in [0.5, 0.6) is 0 Å². The van der Waals surface area contributed by atoms with Crippen molar-refractivity contribution < 1.29 is 0 Å². The highest BCUT2D eigenvalue weighted by Gasteiger charge is 2.23. The first-order valence-electron chi connectivity index (χ1n) is 8.70. The summed E-state index contributed by atoms with van der Waals surface area (Å²) in [6.45, 7) is 7.60. The van der Waals surface area contributed by atoms with Crippen molar-refractivity contribution in [1.82, 2.24) is 20.0 Å². The molecule has 0 amide bonds. The summed E-state index contributed by atoms with van der Waals surface area (Å²) in [4.78, 5) is 6.86. The Morgan fingerprint density at radius 2 is 1.92 bits per heavy atom. The molecule has 0 spiro atoms. The third-order valence-corrected chi connectivity index (χ3v) is 4.54. The molecule has 1 fully saturated rings. The zero-order chi connectivity index (χ0) is 16.9. The van der Waals surface area contributed by atoms with E-state index in [2.05, 4.69) is 58.4 Å². The first-order valence-corrected chi connectivity index (χ1v) is 8.70. The SMILES string of the molecule is CN=C(NCc1ccc(-n2cccn2)cc1)N1CC(C)CC(C)C1.